The molecule has 6 nitrogen and oxygen atoms in total. The maximum atomic E-state index is 5.75. The van der Waals surface area contributed by atoms with Crippen LogP contribution in [-0.2, 0) is 0 Å². The van der Waals surface area contributed by atoms with E-state index < -0.39 is 37.4 Å². The van der Waals surface area contributed by atoms with E-state index in [1.165, 1.54) is 32.6 Å². The number of hydrogen-bond acceptors (Lipinski definition) is 6. The van der Waals surface area contributed by atoms with Crippen LogP contribution in [0.3, 0.4) is 0 Å². The molecule has 0 saturated carbocycles. The van der Waals surface area contributed by atoms with Crippen LogP contribution in [0.5, 0.6) is 34.5 Å². The van der Waals surface area contributed by atoms with Gasteiger partial charge in [0.05, 0.1) is 71.2 Å². The third kappa shape index (κ3) is 7.43. The molecule has 10 heteroatoms. The van der Waals surface area contributed by atoms with E-state index in [0.717, 1.165) is 34.5 Å². The van der Waals surface area contributed by atoms with E-state index in [4.69, 9.17) is 28.4 Å². The van der Waals surface area contributed by atoms with Crippen molar-refractivity contribution in [1.29, 1.82) is 0 Å². The van der Waals surface area contributed by atoms with Crippen LogP contribution in [0.25, 0.3) is 0 Å². The number of rotatable bonds is 15. The van der Waals surface area contributed by atoms with Gasteiger partial charge in [-0.3, -0.25) is 0 Å². The lowest BCUT2D eigenvalue weighted by molar-refractivity contribution is 0.357. The van der Waals surface area contributed by atoms with Crippen LogP contribution in [0.1, 0.15) is 0 Å². The Morgan fingerprint density at radius 3 is 1.00 bits per heavy atom. The predicted octanol–water partition coefficient (Wildman–Crippen LogP) is 0.620. The molecule has 0 spiro atoms. The average Bonchev–Trinajstić information content (AvgIpc) is 2.95. The zero-order valence-corrected chi connectivity index (χ0v) is 28.4. The van der Waals surface area contributed by atoms with Crippen LogP contribution in [0.2, 0.25) is 17.0 Å². The minimum absolute atomic E-state index is 0.495. The Morgan fingerprint density at radius 2 is 0.757 bits per heavy atom. The number of hydrogen-bond donors (Lipinski definition) is 0. The number of benzene rings is 3. The second-order valence-electron chi connectivity index (χ2n) is 8.94. The summed E-state index contributed by atoms with van der Waals surface area (Å²) < 4.78 is 33.9. The normalized spacial score (nSPS) is 12.5. The summed E-state index contributed by atoms with van der Waals surface area (Å²) in [6, 6.07) is 18.9. The quantitative estimate of drug-likeness (QED) is 0.249. The zero-order chi connectivity index (χ0) is 26.6. The second-order valence-corrected chi connectivity index (χ2v) is 21.4. The molecule has 0 N–H and O–H groups in total. The van der Waals surface area contributed by atoms with Crippen molar-refractivity contribution in [2.24, 2.45) is 0 Å². The van der Waals surface area contributed by atoms with Crippen LogP contribution in [0.15, 0.2) is 54.6 Å². The minimum atomic E-state index is -1.02. The van der Waals surface area contributed by atoms with Crippen LogP contribution in [-0.4, -0.2) is 80.0 Å². The van der Waals surface area contributed by atoms with Crippen molar-refractivity contribution in [1.82, 2.24) is 0 Å². The van der Waals surface area contributed by atoms with Gasteiger partial charge >= 0.3 is 0 Å². The molecule has 0 bridgehead atoms. The molecule has 0 amide bonds. The maximum Gasteiger partial charge on any atom is 0.160 e. The zero-order valence-electron chi connectivity index (χ0n) is 23.0. The molecule has 3 aromatic rings. The molecule has 0 radical (unpaired) electrons. The van der Waals surface area contributed by atoms with Crippen molar-refractivity contribution in [2.45, 2.75) is 17.0 Å². The van der Waals surface area contributed by atoms with E-state index >= 15 is 0 Å². The highest BCUT2D eigenvalue weighted by Crippen LogP contribution is 2.26. The highest BCUT2D eigenvalue weighted by Gasteiger charge is 2.19. The Hall–Kier alpha value is -2.67. The van der Waals surface area contributed by atoms with Crippen LogP contribution in [0, 0.1) is 0 Å². The summed E-state index contributed by atoms with van der Waals surface area (Å²) in [4.78, 5) is 0. The van der Waals surface area contributed by atoms with Crippen molar-refractivity contribution >= 4 is 52.9 Å². The van der Waals surface area contributed by atoms with Gasteiger partial charge in [-0.1, -0.05) is 53.4 Å². The molecule has 0 fully saturated rings. The summed E-state index contributed by atoms with van der Waals surface area (Å²) in [5.74, 6) is 5.25. The van der Waals surface area contributed by atoms with Crippen LogP contribution in [0.4, 0.5) is 0 Å². The van der Waals surface area contributed by atoms with E-state index in [2.05, 4.69) is 36.4 Å². The Kier molecular flexibility index (Phi) is 11.6. The fourth-order valence-electron chi connectivity index (χ4n) is 4.96. The molecule has 0 unspecified atom stereocenters. The Morgan fingerprint density at radius 1 is 0.459 bits per heavy atom. The average molecular weight is 573 g/mol. The van der Waals surface area contributed by atoms with E-state index in [-0.39, 0.29) is 0 Å². The summed E-state index contributed by atoms with van der Waals surface area (Å²) in [6.07, 6.45) is 0. The summed E-state index contributed by atoms with van der Waals surface area (Å²) in [6.45, 7) is 0. The summed E-state index contributed by atoms with van der Waals surface area (Å²) in [7, 11) is 7.86. The first-order chi connectivity index (χ1) is 18.1. The highest BCUT2D eigenvalue weighted by molar-refractivity contribution is 6.87. The third-order valence-electron chi connectivity index (χ3n) is 6.92. The lowest BCUT2D eigenvalue weighted by Gasteiger charge is -2.19. The minimum Gasteiger partial charge on any atom is -0.493 e. The number of methoxy groups -OCH3 is 6. The topological polar surface area (TPSA) is 55.4 Å². The number of para-hydroxylation sites is 3. The molecular formula is C27H40O6Si4. The molecule has 3 rings (SSSR count). The molecule has 0 atom stereocenters. The van der Waals surface area contributed by atoms with Gasteiger partial charge < -0.3 is 28.4 Å². The van der Waals surface area contributed by atoms with E-state index in [1.807, 2.05) is 18.2 Å². The Bertz CT molecular complexity index is 1000. The van der Waals surface area contributed by atoms with Gasteiger partial charge in [-0.2, -0.15) is 0 Å². The molecule has 37 heavy (non-hydrogen) atoms. The lowest BCUT2D eigenvalue weighted by Crippen LogP contribution is -2.32. The molecule has 0 aliphatic rings. The number of ether oxygens (including phenoxy) is 6. The smallest absolute Gasteiger partial charge is 0.160 e. The Balaban J connectivity index is 1.80. The van der Waals surface area contributed by atoms with Gasteiger partial charge in [0.1, 0.15) is 0 Å². The van der Waals surface area contributed by atoms with Crippen molar-refractivity contribution in [3.8, 4) is 34.5 Å². The molecule has 0 aliphatic carbocycles. The molecule has 0 aromatic heterocycles. The molecule has 0 saturated heterocycles. The molecule has 3 aromatic carbocycles. The predicted molar refractivity (Wildman–Crippen MR) is 165 cm³/mol. The van der Waals surface area contributed by atoms with Crippen LogP contribution < -0.4 is 44.0 Å². The van der Waals surface area contributed by atoms with Crippen molar-refractivity contribution in [2.75, 3.05) is 42.7 Å². The van der Waals surface area contributed by atoms with E-state index in [1.54, 1.807) is 42.7 Å². The first kappa shape index (κ1) is 28.9. The monoisotopic (exact) mass is 572 g/mol. The SMILES string of the molecule is COc1cccc([SiH2]C[SiH](C[SiH2]c2cccc(OC)c2OC)C[SiH2]c2cccc(OC)c2OC)c1OC. The van der Waals surface area contributed by atoms with Crippen molar-refractivity contribution in [3.05, 3.63) is 54.6 Å². The fourth-order valence-corrected chi connectivity index (χ4v) is 27.4. The summed E-state index contributed by atoms with van der Waals surface area (Å²) in [5.41, 5.74) is 4.09. The standard InChI is InChI=1S/C27H40O6Si4/c1-28-19-10-7-13-22(25(19)31-4)34-16-37(17-35-23-14-8-11-20(29-2)26(23)32-5)18-36-24-15-9-12-21(30-3)27(24)33-6/h7-15,37H,16-18,34-36H2,1-6H3. The summed E-state index contributed by atoms with van der Waals surface area (Å²) in [5, 5.41) is 4.09. The van der Waals surface area contributed by atoms with Gasteiger partial charge in [-0.25, -0.2) is 0 Å². The van der Waals surface area contributed by atoms with Crippen molar-refractivity contribution in [3.63, 3.8) is 0 Å². The molecule has 0 aliphatic heterocycles. The molecule has 0 heterocycles. The Labute approximate surface area is 229 Å². The first-order valence-corrected chi connectivity index (χ1v) is 20.3. The first-order valence-electron chi connectivity index (χ1n) is 12.7. The van der Waals surface area contributed by atoms with Gasteiger partial charge in [-0.05, 0) is 33.8 Å². The maximum absolute atomic E-state index is 5.75. The van der Waals surface area contributed by atoms with E-state index in [9.17, 15) is 0 Å². The lowest BCUT2D eigenvalue weighted by atomic mass is 10.3. The van der Waals surface area contributed by atoms with Gasteiger partial charge in [-0.15, -0.1) is 0 Å². The summed E-state index contributed by atoms with van der Waals surface area (Å²) >= 11 is 0. The second kappa shape index (κ2) is 14.9. The molecular weight excluding hydrogens is 533 g/mol. The van der Waals surface area contributed by atoms with Gasteiger partial charge in [0, 0.05) is 8.80 Å². The fraction of sp³-hybridized carbons (Fsp3) is 0.333. The van der Waals surface area contributed by atoms with Crippen LogP contribution >= 0.6 is 0 Å². The van der Waals surface area contributed by atoms with Gasteiger partial charge in [0.2, 0.25) is 0 Å². The molecule has 200 valence electrons. The van der Waals surface area contributed by atoms with Crippen molar-refractivity contribution < 1.29 is 28.4 Å². The highest BCUT2D eigenvalue weighted by atomic mass is 28.4. The van der Waals surface area contributed by atoms with E-state index in [0.29, 0.717) is 0 Å². The third-order valence-corrected chi connectivity index (χ3v) is 23.5. The van der Waals surface area contributed by atoms with Gasteiger partial charge in [0.15, 0.2) is 34.5 Å². The largest absolute Gasteiger partial charge is 0.493 e. The van der Waals surface area contributed by atoms with Gasteiger partial charge in [0.25, 0.3) is 0 Å².